The highest BCUT2D eigenvalue weighted by molar-refractivity contribution is 5.35. The third-order valence-electron chi connectivity index (χ3n) is 1.88. The summed E-state index contributed by atoms with van der Waals surface area (Å²) in [4.78, 5) is 3.61. The number of anilines is 1. The van der Waals surface area contributed by atoms with Gasteiger partial charge in [0.2, 0.25) is 0 Å². The smallest absolute Gasteiger partial charge is 0.168 e. The van der Waals surface area contributed by atoms with Gasteiger partial charge in [0.15, 0.2) is 11.6 Å². The molecule has 1 N–H and O–H groups in total. The monoisotopic (exact) mass is 216 g/mol. The first kappa shape index (κ1) is 11.8. The topological polar surface area (TPSA) is 34.1 Å². The van der Waals surface area contributed by atoms with Gasteiger partial charge >= 0.3 is 0 Å². The van der Waals surface area contributed by atoms with Crippen LogP contribution in [0.5, 0.6) is 0 Å². The Hall–Kier alpha value is -1.23. The molecule has 84 valence electrons. The molecular weight excluding hydrogens is 202 g/mol. The average molecular weight is 216 g/mol. The van der Waals surface area contributed by atoms with E-state index in [2.05, 4.69) is 10.3 Å². The van der Waals surface area contributed by atoms with Crippen molar-refractivity contribution >= 4 is 5.82 Å². The van der Waals surface area contributed by atoms with Gasteiger partial charge in [0.25, 0.3) is 0 Å². The Kier molecular flexibility index (Phi) is 4.42. The lowest BCUT2D eigenvalue weighted by atomic mass is 10.2. The van der Waals surface area contributed by atoms with Gasteiger partial charge in [-0.2, -0.15) is 0 Å². The van der Waals surface area contributed by atoms with Gasteiger partial charge in [0.05, 0.1) is 12.8 Å². The molecule has 0 fully saturated rings. The fourth-order valence-electron chi connectivity index (χ4n) is 1.16. The molecule has 0 aliphatic carbocycles. The molecule has 0 spiro atoms. The molecule has 0 aromatic carbocycles. The minimum Gasteiger partial charge on any atom is -0.384 e. The van der Waals surface area contributed by atoms with Gasteiger partial charge in [0, 0.05) is 19.7 Å². The molecule has 15 heavy (non-hydrogen) atoms. The number of nitrogens with zero attached hydrogens (tertiary/aromatic N) is 1. The van der Waals surface area contributed by atoms with Crippen molar-refractivity contribution in [3.8, 4) is 0 Å². The Labute approximate surface area is 87.5 Å². The molecule has 3 nitrogen and oxygen atoms in total. The van der Waals surface area contributed by atoms with E-state index in [1.807, 2.05) is 6.92 Å². The van der Waals surface area contributed by atoms with Crippen molar-refractivity contribution in [3.63, 3.8) is 0 Å². The predicted octanol–water partition coefficient (Wildman–Crippen LogP) is 2.05. The van der Waals surface area contributed by atoms with Crippen molar-refractivity contribution < 1.29 is 13.5 Å². The maximum Gasteiger partial charge on any atom is 0.168 e. The molecule has 0 saturated heterocycles. The summed E-state index contributed by atoms with van der Waals surface area (Å²) in [5, 5.41) is 2.79. The maximum atomic E-state index is 13.1. The van der Waals surface area contributed by atoms with Crippen molar-refractivity contribution in [2.45, 2.75) is 6.92 Å². The Bertz CT molecular complexity index is 320. The van der Waals surface area contributed by atoms with E-state index in [0.29, 0.717) is 13.2 Å². The van der Waals surface area contributed by atoms with Crippen LogP contribution in [0.2, 0.25) is 0 Å². The minimum absolute atomic E-state index is 0.0688. The quantitative estimate of drug-likeness (QED) is 0.818. The Morgan fingerprint density at radius 2 is 2.27 bits per heavy atom. The SMILES string of the molecule is COCC(C)CNc1ncc(F)cc1F. The number of ether oxygens (including phenoxy) is 1. The van der Waals surface area contributed by atoms with Gasteiger partial charge in [-0.3, -0.25) is 0 Å². The lowest BCUT2D eigenvalue weighted by molar-refractivity contribution is 0.164. The van der Waals surface area contributed by atoms with Gasteiger partial charge in [-0.1, -0.05) is 6.92 Å². The average Bonchev–Trinajstić information content (AvgIpc) is 2.17. The zero-order valence-electron chi connectivity index (χ0n) is 8.76. The molecule has 1 rings (SSSR count). The normalized spacial score (nSPS) is 12.5. The first-order valence-electron chi connectivity index (χ1n) is 4.67. The summed E-state index contributed by atoms with van der Waals surface area (Å²) in [6.45, 7) is 3.07. The molecule has 0 aliphatic heterocycles. The highest BCUT2D eigenvalue weighted by Crippen LogP contribution is 2.11. The Balaban J connectivity index is 2.50. The largest absolute Gasteiger partial charge is 0.384 e. The molecule has 1 aromatic rings. The van der Waals surface area contributed by atoms with Gasteiger partial charge in [-0.25, -0.2) is 13.8 Å². The number of hydrogen-bond acceptors (Lipinski definition) is 3. The van der Waals surface area contributed by atoms with E-state index in [-0.39, 0.29) is 11.7 Å². The van der Waals surface area contributed by atoms with E-state index in [9.17, 15) is 8.78 Å². The van der Waals surface area contributed by atoms with Crippen LogP contribution in [0.15, 0.2) is 12.3 Å². The van der Waals surface area contributed by atoms with Crippen LogP contribution in [-0.4, -0.2) is 25.2 Å². The van der Waals surface area contributed by atoms with Crippen LogP contribution in [0, 0.1) is 17.6 Å². The Morgan fingerprint density at radius 1 is 1.53 bits per heavy atom. The van der Waals surface area contributed by atoms with Crippen LogP contribution in [0.4, 0.5) is 14.6 Å². The second-order valence-electron chi connectivity index (χ2n) is 3.43. The summed E-state index contributed by atoms with van der Waals surface area (Å²) in [6.07, 6.45) is 0.979. The molecule has 0 aliphatic rings. The highest BCUT2D eigenvalue weighted by Gasteiger charge is 2.06. The molecule has 0 saturated carbocycles. The molecule has 1 unspecified atom stereocenters. The Morgan fingerprint density at radius 3 is 2.87 bits per heavy atom. The third-order valence-corrected chi connectivity index (χ3v) is 1.88. The molecule has 0 radical (unpaired) electrons. The van der Waals surface area contributed by atoms with E-state index >= 15 is 0 Å². The molecule has 1 heterocycles. The van der Waals surface area contributed by atoms with Crippen LogP contribution in [-0.2, 0) is 4.74 Å². The van der Waals surface area contributed by atoms with Gasteiger partial charge < -0.3 is 10.1 Å². The minimum atomic E-state index is -0.681. The number of nitrogens with one attached hydrogen (secondary N) is 1. The number of halogens is 2. The van der Waals surface area contributed by atoms with Crippen LogP contribution in [0.3, 0.4) is 0 Å². The third kappa shape index (κ3) is 3.79. The number of pyridine rings is 1. The molecule has 5 heteroatoms. The van der Waals surface area contributed by atoms with Crippen molar-refractivity contribution in [1.29, 1.82) is 0 Å². The van der Waals surface area contributed by atoms with E-state index in [0.717, 1.165) is 12.3 Å². The number of aromatic nitrogens is 1. The molecule has 1 aromatic heterocycles. The van der Waals surface area contributed by atoms with Crippen molar-refractivity contribution in [1.82, 2.24) is 4.98 Å². The van der Waals surface area contributed by atoms with Crippen LogP contribution >= 0.6 is 0 Å². The summed E-state index contributed by atoms with van der Waals surface area (Å²) >= 11 is 0. The summed E-state index contributed by atoms with van der Waals surface area (Å²) < 4.78 is 30.5. The van der Waals surface area contributed by atoms with E-state index in [1.54, 1.807) is 7.11 Å². The molecule has 1 atom stereocenters. The second kappa shape index (κ2) is 5.60. The molecule has 0 bridgehead atoms. The van der Waals surface area contributed by atoms with Gasteiger partial charge in [-0.05, 0) is 5.92 Å². The molecular formula is C10H14F2N2O. The lowest BCUT2D eigenvalue weighted by Crippen LogP contribution is -2.17. The predicted molar refractivity (Wildman–Crippen MR) is 53.7 cm³/mol. The first-order chi connectivity index (χ1) is 7.13. The fourth-order valence-corrected chi connectivity index (χ4v) is 1.16. The molecule has 0 amide bonds. The zero-order valence-corrected chi connectivity index (χ0v) is 8.76. The standard InChI is InChI=1S/C10H14F2N2O/c1-7(6-15-2)4-13-10-9(12)3-8(11)5-14-10/h3,5,7H,4,6H2,1-2H3,(H,13,14). The van der Waals surface area contributed by atoms with E-state index in [1.165, 1.54) is 0 Å². The second-order valence-corrected chi connectivity index (χ2v) is 3.43. The maximum absolute atomic E-state index is 13.1. The fraction of sp³-hybridized carbons (Fsp3) is 0.500. The van der Waals surface area contributed by atoms with Crippen molar-refractivity contribution in [2.75, 3.05) is 25.6 Å². The zero-order chi connectivity index (χ0) is 11.3. The number of hydrogen-bond donors (Lipinski definition) is 1. The number of methoxy groups -OCH3 is 1. The van der Waals surface area contributed by atoms with Gasteiger partial charge in [0.1, 0.15) is 5.82 Å². The van der Waals surface area contributed by atoms with E-state index in [4.69, 9.17) is 4.74 Å². The summed E-state index contributed by atoms with van der Waals surface area (Å²) in [7, 11) is 1.60. The van der Waals surface area contributed by atoms with E-state index < -0.39 is 11.6 Å². The first-order valence-corrected chi connectivity index (χ1v) is 4.67. The number of rotatable bonds is 5. The summed E-state index contributed by atoms with van der Waals surface area (Å²) in [5.41, 5.74) is 0. The summed E-state index contributed by atoms with van der Waals surface area (Å²) in [6, 6.07) is 0.802. The summed E-state index contributed by atoms with van der Waals surface area (Å²) in [5.74, 6) is -1.05. The van der Waals surface area contributed by atoms with Gasteiger partial charge in [-0.15, -0.1) is 0 Å². The van der Waals surface area contributed by atoms with Crippen LogP contribution in [0.25, 0.3) is 0 Å². The lowest BCUT2D eigenvalue weighted by Gasteiger charge is -2.12. The van der Waals surface area contributed by atoms with Crippen molar-refractivity contribution in [3.05, 3.63) is 23.9 Å². The van der Waals surface area contributed by atoms with Crippen LogP contribution < -0.4 is 5.32 Å². The highest BCUT2D eigenvalue weighted by atomic mass is 19.1. The van der Waals surface area contributed by atoms with Crippen molar-refractivity contribution in [2.24, 2.45) is 5.92 Å². The van der Waals surface area contributed by atoms with Crippen LogP contribution in [0.1, 0.15) is 6.92 Å².